The van der Waals surface area contributed by atoms with Crippen LogP contribution in [0.15, 0.2) is 18.2 Å². The van der Waals surface area contributed by atoms with Gasteiger partial charge in [0, 0.05) is 24.7 Å². The molecule has 1 saturated heterocycles. The van der Waals surface area contributed by atoms with Crippen LogP contribution in [0.5, 0.6) is 0 Å². The molecule has 2 atom stereocenters. The van der Waals surface area contributed by atoms with Crippen LogP contribution in [-0.2, 0) is 0 Å². The first kappa shape index (κ1) is 16.7. The fourth-order valence-electron chi connectivity index (χ4n) is 3.11. The van der Waals surface area contributed by atoms with E-state index in [9.17, 15) is 4.39 Å². The maximum absolute atomic E-state index is 13.3. The van der Waals surface area contributed by atoms with Crippen molar-refractivity contribution in [2.24, 2.45) is 0 Å². The van der Waals surface area contributed by atoms with E-state index in [4.69, 9.17) is 11.6 Å². The summed E-state index contributed by atoms with van der Waals surface area (Å²) in [6.07, 6.45) is 3.82. The lowest BCUT2D eigenvalue weighted by atomic mass is 10.0. The zero-order valence-corrected chi connectivity index (χ0v) is 14.0. The highest BCUT2D eigenvalue weighted by Crippen LogP contribution is 2.27. The molecule has 2 unspecified atom stereocenters. The van der Waals surface area contributed by atoms with Gasteiger partial charge in [-0.05, 0) is 57.9 Å². The van der Waals surface area contributed by atoms with E-state index in [1.165, 1.54) is 25.3 Å². The van der Waals surface area contributed by atoms with Crippen molar-refractivity contribution < 1.29 is 4.39 Å². The van der Waals surface area contributed by atoms with E-state index < -0.39 is 0 Å². The second kappa shape index (κ2) is 7.57. The molecule has 118 valence electrons. The lowest BCUT2D eigenvalue weighted by molar-refractivity contribution is 0.138. The van der Waals surface area contributed by atoms with E-state index in [2.05, 4.69) is 31.0 Å². The standard InChI is InChI=1S/C17H26ClFN2/c1-12(2)21(11-15-6-4-5-9-20-15)13(3)14-7-8-17(19)16(18)10-14/h7-8,10,12-13,15,20H,4-6,9,11H2,1-3H3. The van der Waals surface area contributed by atoms with Crippen LogP contribution < -0.4 is 5.32 Å². The second-order valence-electron chi connectivity index (χ2n) is 6.29. The molecular formula is C17H26ClFN2. The third-order valence-electron chi connectivity index (χ3n) is 4.43. The van der Waals surface area contributed by atoms with Crippen molar-refractivity contribution in [3.05, 3.63) is 34.6 Å². The summed E-state index contributed by atoms with van der Waals surface area (Å²) in [5, 5.41) is 3.81. The van der Waals surface area contributed by atoms with Crippen LogP contribution >= 0.6 is 11.6 Å². The van der Waals surface area contributed by atoms with Crippen LogP contribution in [-0.4, -0.2) is 30.1 Å². The maximum Gasteiger partial charge on any atom is 0.141 e. The minimum atomic E-state index is -0.349. The summed E-state index contributed by atoms with van der Waals surface area (Å²) in [5.74, 6) is -0.349. The van der Waals surface area contributed by atoms with Gasteiger partial charge in [0.25, 0.3) is 0 Å². The summed E-state index contributed by atoms with van der Waals surface area (Å²) in [7, 11) is 0. The minimum absolute atomic E-state index is 0.207. The van der Waals surface area contributed by atoms with E-state index >= 15 is 0 Å². The number of hydrogen-bond donors (Lipinski definition) is 1. The first-order chi connectivity index (χ1) is 9.99. The van der Waals surface area contributed by atoms with Gasteiger partial charge in [0.1, 0.15) is 5.82 Å². The average molecular weight is 313 g/mol. The van der Waals surface area contributed by atoms with Crippen LogP contribution in [0.2, 0.25) is 5.02 Å². The Morgan fingerprint density at radius 1 is 1.33 bits per heavy atom. The SMILES string of the molecule is CC(C)N(CC1CCCCN1)C(C)c1ccc(F)c(Cl)c1. The molecule has 1 aliphatic heterocycles. The van der Waals surface area contributed by atoms with Crippen molar-refractivity contribution >= 4 is 11.6 Å². The average Bonchev–Trinajstić information content (AvgIpc) is 2.47. The molecule has 2 nitrogen and oxygen atoms in total. The first-order valence-electron chi connectivity index (χ1n) is 7.93. The van der Waals surface area contributed by atoms with Gasteiger partial charge in [0.05, 0.1) is 5.02 Å². The molecule has 0 aliphatic carbocycles. The highest BCUT2D eigenvalue weighted by atomic mass is 35.5. The molecule has 21 heavy (non-hydrogen) atoms. The van der Waals surface area contributed by atoms with Crippen LogP contribution in [0.1, 0.15) is 51.6 Å². The van der Waals surface area contributed by atoms with Crippen molar-refractivity contribution in [2.75, 3.05) is 13.1 Å². The molecule has 1 heterocycles. The molecule has 1 fully saturated rings. The second-order valence-corrected chi connectivity index (χ2v) is 6.69. The van der Waals surface area contributed by atoms with Gasteiger partial charge in [-0.1, -0.05) is 24.1 Å². The molecule has 0 radical (unpaired) electrons. The van der Waals surface area contributed by atoms with Crippen molar-refractivity contribution in [1.82, 2.24) is 10.2 Å². The molecule has 0 saturated carbocycles. The van der Waals surface area contributed by atoms with E-state index in [1.54, 1.807) is 6.07 Å². The third-order valence-corrected chi connectivity index (χ3v) is 4.72. The Bertz CT molecular complexity index is 458. The lowest BCUT2D eigenvalue weighted by Gasteiger charge is -2.37. The third kappa shape index (κ3) is 4.41. The van der Waals surface area contributed by atoms with E-state index in [0.29, 0.717) is 12.1 Å². The summed E-state index contributed by atoms with van der Waals surface area (Å²) in [4.78, 5) is 2.46. The van der Waals surface area contributed by atoms with Crippen molar-refractivity contribution in [2.45, 2.75) is 58.2 Å². The predicted octanol–water partition coefficient (Wildman–Crippen LogP) is 4.39. The summed E-state index contributed by atoms with van der Waals surface area (Å²) in [6.45, 7) is 8.74. The Morgan fingerprint density at radius 2 is 2.10 bits per heavy atom. The fourth-order valence-corrected chi connectivity index (χ4v) is 3.30. The van der Waals surface area contributed by atoms with E-state index in [0.717, 1.165) is 18.7 Å². The molecule has 4 heteroatoms. The fraction of sp³-hybridized carbons (Fsp3) is 0.647. The Hall–Kier alpha value is -0.640. The zero-order valence-electron chi connectivity index (χ0n) is 13.2. The molecular weight excluding hydrogens is 287 g/mol. The van der Waals surface area contributed by atoms with Gasteiger partial charge in [-0.2, -0.15) is 0 Å². The summed E-state index contributed by atoms with van der Waals surface area (Å²) < 4.78 is 13.3. The molecule has 0 bridgehead atoms. The summed E-state index contributed by atoms with van der Waals surface area (Å²) in [6, 6.07) is 6.28. The normalized spacial score (nSPS) is 21.0. The molecule has 0 spiro atoms. The van der Waals surface area contributed by atoms with Crippen LogP contribution in [0, 0.1) is 5.82 Å². The number of nitrogens with one attached hydrogen (secondary N) is 1. The molecule has 1 aliphatic rings. The Kier molecular flexibility index (Phi) is 6.03. The van der Waals surface area contributed by atoms with Crippen molar-refractivity contribution in [3.63, 3.8) is 0 Å². The zero-order chi connectivity index (χ0) is 15.4. The Labute approximate surface area is 132 Å². The first-order valence-corrected chi connectivity index (χ1v) is 8.31. The monoisotopic (exact) mass is 312 g/mol. The van der Waals surface area contributed by atoms with Gasteiger partial charge in [0.15, 0.2) is 0 Å². The lowest BCUT2D eigenvalue weighted by Crippen LogP contribution is -2.46. The molecule has 1 aromatic rings. The van der Waals surface area contributed by atoms with Gasteiger partial charge in [-0.15, -0.1) is 0 Å². The van der Waals surface area contributed by atoms with Gasteiger partial charge in [-0.25, -0.2) is 4.39 Å². The topological polar surface area (TPSA) is 15.3 Å². The van der Waals surface area contributed by atoms with Crippen molar-refractivity contribution in [1.29, 1.82) is 0 Å². The van der Waals surface area contributed by atoms with E-state index in [-0.39, 0.29) is 16.9 Å². The highest BCUT2D eigenvalue weighted by molar-refractivity contribution is 6.30. The van der Waals surface area contributed by atoms with E-state index in [1.807, 2.05) is 6.07 Å². The number of rotatable bonds is 5. The minimum Gasteiger partial charge on any atom is -0.313 e. The Balaban J connectivity index is 2.10. The van der Waals surface area contributed by atoms with Gasteiger partial charge in [-0.3, -0.25) is 4.90 Å². The summed E-state index contributed by atoms with van der Waals surface area (Å²) >= 11 is 5.93. The quantitative estimate of drug-likeness (QED) is 0.867. The molecule has 0 aromatic heterocycles. The highest BCUT2D eigenvalue weighted by Gasteiger charge is 2.24. The largest absolute Gasteiger partial charge is 0.313 e. The molecule has 1 N–H and O–H groups in total. The van der Waals surface area contributed by atoms with Gasteiger partial charge >= 0.3 is 0 Å². The molecule has 1 aromatic carbocycles. The molecule has 2 rings (SSSR count). The number of halogens is 2. The van der Waals surface area contributed by atoms with Crippen LogP contribution in [0.25, 0.3) is 0 Å². The summed E-state index contributed by atoms with van der Waals surface area (Å²) in [5.41, 5.74) is 1.07. The molecule has 0 amide bonds. The Morgan fingerprint density at radius 3 is 2.67 bits per heavy atom. The number of hydrogen-bond acceptors (Lipinski definition) is 2. The predicted molar refractivity (Wildman–Crippen MR) is 87.3 cm³/mol. The van der Waals surface area contributed by atoms with Crippen LogP contribution in [0.3, 0.4) is 0 Å². The van der Waals surface area contributed by atoms with Gasteiger partial charge in [0.2, 0.25) is 0 Å². The van der Waals surface area contributed by atoms with Crippen molar-refractivity contribution in [3.8, 4) is 0 Å². The number of benzene rings is 1. The van der Waals surface area contributed by atoms with Crippen LogP contribution in [0.4, 0.5) is 4.39 Å². The number of nitrogens with zero attached hydrogens (tertiary/aromatic N) is 1. The smallest absolute Gasteiger partial charge is 0.141 e. The van der Waals surface area contributed by atoms with Gasteiger partial charge < -0.3 is 5.32 Å². The number of piperidine rings is 1. The maximum atomic E-state index is 13.3.